The van der Waals surface area contributed by atoms with E-state index in [0.717, 1.165) is 23.8 Å². The minimum Gasteiger partial charge on any atom is -0.295 e. The maximum absolute atomic E-state index is 11.6. The number of nitrogens with one attached hydrogen (secondary N) is 1. The van der Waals surface area contributed by atoms with Gasteiger partial charge < -0.3 is 0 Å². The van der Waals surface area contributed by atoms with Gasteiger partial charge in [0.25, 0.3) is 5.56 Å². The van der Waals surface area contributed by atoms with Crippen LogP contribution in [-0.2, 0) is 21.6 Å². The number of hydrogen-bond acceptors (Lipinski definition) is 4. The minimum absolute atomic E-state index is 0.0359. The Bertz CT molecular complexity index is 774. The molecule has 0 aliphatic heterocycles. The van der Waals surface area contributed by atoms with Crippen LogP contribution in [0.5, 0.6) is 0 Å². The molecule has 0 amide bonds. The van der Waals surface area contributed by atoms with Crippen molar-refractivity contribution in [2.45, 2.75) is 13.8 Å². The van der Waals surface area contributed by atoms with E-state index in [1.54, 1.807) is 4.68 Å². The van der Waals surface area contributed by atoms with Gasteiger partial charge in [-0.2, -0.15) is 8.42 Å². The summed E-state index contributed by atoms with van der Waals surface area (Å²) in [6.45, 7) is 4.09. The zero-order chi connectivity index (χ0) is 16.2. The van der Waals surface area contributed by atoms with Crippen LogP contribution in [0.3, 0.4) is 0 Å². The molecule has 0 saturated heterocycles. The molecule has 8 heteroatoms. The van der Waals surface area contributed by atoms with Gasteiger partial charge >= 0.3 is 10.4 Å². The molecule has 0 fully saturated rings. The van der Waals surface area contributed by atoms with Gasteiger partial charge in [-0.25, -0.2) is 0 Å². The van der Waals surface area contributed by atoms with Crippen molar-refractivity contribution in [3.05, 3.63) is 45.9 Å². The average Bonchev–Trinajstić information content (AvgIpc) is 2.72. The molecule has 116 valence electrons. The van der Waals surface area contributed by atoms with E-state index in [4.69, 9.17) is 4.55 Å². The summed E-state index contributed by atoms with van der Waals surface area (Å²) in [6, 6.07) is 6.01. The van der Waals surface area contributed by atoms with Crippen LogP contribution in [0.1, 0.15) is 11.1 Å². The van der Waals surface area contributed by atoms with E-state index >= 15 is 0 Å². The third-order valence-corrected chi connectivity index (χ3v) is 3.37. The third-order valence-electron chi connectivity index (χ3n) is 2.95. The SMILES string of the molecule is COS(=O)(=O)O.Cc1cccc(-c2cn(C)[nH]c2=O)c1C. The predicted molar refractivity (Wildman–Crippen MR) is 79.5 cm³/mol. The Hall–Kier alpha value is -1.90. The van der Waals surface area contributed by atoms with Crippen molar-refractivity contribution >= 4 is 10.4 Å². The minimum atomic E-state index is -4.16. The number of H-pyrrole nitrogens is 1. The van der Waals surface area contributed by atoms with Crippen LogP contribution < -0.4 is 5.56 Å². The van der Waals surface area contributed by atoms with Crippen molar-refractivity contribution in [3.8, 4) is 11.1 Å². The van der Waals surface area contributed by atoms with Gasteiger partial charge in [-0.1, -0.05) is 18.2 Å². The Balaban J connectivity index is 0.000000315. The largest absolute Gasteiger partial charge is 0.397 e. The fourth-order valence-corrected chi connectivity index (χ4v) is 1.74. The highest BCUT2D eigenvalue weighted by Gasteiger charge is 2.08. The quantitative estimate of drug-likeness (QED) is 0.817. The number of aryl methyl sites for hydroxylation is 2. The maximum atomic E-state index is 11.6. The van der Waals surface area contributed by atoms with Gasteiger partial charge in [-0.15, -0.1) is 0 Å². The summed E-state index contributed by atoms with van der Waals surface area (Å²) in [7, 11) is -1.48. The van der Waals surface area contributed by atoms with Gasteiger partial charge in [0, 0.05) is 13.2 Å². The van der Waals surface area contributed by atoms with Gasteiger partial charge in [-0.3, -0.25) is 23.3 Å². The Kier molecular flexibility index (Phi) is 5.47. The summed E-state index contributed by atoms with van der Waals surface area (Å²) >= 11 is 0. The first-order valence-corrected chi connectivity index (χ1v) is 7.37. The van der Waals surface area contributed by atoms with E-state index in [1.807, 2.05) is 32.3 Å². The summed E-state index contributed by atoms with van der Waals surface area (Å²) in [5.41, 5.74) is 4.08. The highest BCUT2D eigenvalue weighted by Crippen LogP contribution is 2.22. The smallest absolute Gasteiger partial charge is 0.295 e. The lowest BCUT2D eigenvalue weighted by atomic mass is 9.99. The van der Waals surface area contributed by atoms with Crippen molar-refractivity contribution < 1.29 is 17.2 Å². The van der Waals surface area contributed by atoms with E-state index in [-0.39, 0.29) is 5.56 Å². The zero-order valence-electron chi connectivity index (χ0n) is 12.2. The first-order chi connectivity index (χ1) is 9.65. The van der Waals surface area contributed by atoms with Gasteiger partial charge in [0.1, 0.15) is 0 Å². The second-order valence-corrected chi connectivity index (χ2v) is 5.63. The van der Waals surface area contributed by atoms with Crippen LogP contribution in [0.15, 0.2) is 29.2 Å². The number of benzene rings is 1. The van der Waals surface area contributed by atoms with Crippen molar-refractivity contribution in [1.82, 2.24) is 9.78 Å². The Morgan fingerprint density at radius 2 is 1.81 bits per heavy atom. The molecule has 1 aromatic carbocycles. The van der Waals surface area contributed by atoms with Gasteiger partial charge in [-0.05, 0) is 30.5 Å². The van der Waals surface area contributed by atoms with Crippen molar-refractivity contribution in [3.63, 3.8) is 0 Å². The fraction of sp³-hybridized carbons (Fsp3) is 0.308. The summed E-state index contributed by atoms with van der Waals surface area (Å²) in [5, 5.41) is 2.71. The topological polar surface area (TPSA) is 101 Å². The first-order valence-electron chi connectivity index (χ1n) is 6.01. The molecule has 0 atom stereocenters. The lowest BCUT2D eigenvalue weighted by Gasteiger charge is -2.04. The molecule has 1 heterocycles. The molecule has 0 saturated carbocycles. The molecule has 2 aromatic rings. The van der Waals surface area contributed by atoms with Crippen LogP contribution in [0.4, 0.5) is 0 Å². The van der Waals surface area contributed by atoms with Crippen LogP contribution in [0.25, 0.3) is 11.1 Å². The van der Waals surface area contributed by atoms with Gasteiger partial charge in [0.2, 0.25) is 0 Å². The number of aromatic nitrogens is 2. The van der Waals surface area contributed by atoms with Crippen molar-refractivity contribution in [2.75, 3.05) is 7.11 Å². The molecule has 21 heavy (non-hydrogen) atoms. The molecule has 7 nitrogen and oxygen atoms in total. The van der Waals surface area contributed by atoms with Crippen LogP contribution in [-0.4, -0.2) is 29.9 Å². The number of nitrogens with zero attached hydrogens (tertiary/aromatic N) is 1. The second kappa shape index (κ2) is 6.70. The summed E-state index contributed by atoms with van der Waals surface area (Å²) in [4.78, 5) is 11.6. The van der Waals surface area contributed by atoms with Crippen LogP contribution in [0, 0.1) is 13.8 Å². The predicted octanol–water partition coefficient (Wildman–Crippen LogP) is 1.43. The lowest BCUT2D eigenvalue weighted by molar-refractivity contribution is 0.324. The molecular formula is C13H18N2O5S. The summed E-state index contributed by atoms with van der Waals surface area (Å²) in [6.07, 6.45) is 1.82. The molecule has 0 aliphatic rings. The lowest BCUT2D eigenvalue weighted by Crippen LogP contribution is -2.04. The molecule has 0 radical (unpaired) electrons. The van der Waals surface area contributed by atoms with Crippen LogP contribution in [0.2, 0.25) is 0 Å². The van der Waals surface area contributed by atoms with Crippen molar-refractivity contribution in [1.29, 1.82) is 0 Å². The fourth-order valence-electron chi connectivity index (χ4n) is 1.74. The highest BCUT2D eigenvalue weighted by molar-refractivity contribution is 7.80. The number of hydrogen-bond donors (Lipinski definition) is 2. The number of rotatable bonds is 2. The normalized spacial score (nSPS) is 10.9. The average molecular weight is 314 g/mol. The van der Waals surface area contributed by atoms with Crippen molar-refractivity contribution in [2.24, 2.45) is 7.05 Å². The zero-order valence-corrected chi connectivity index (χ0v) is 13.1. The summed E-state index contributed by atoms with van der Waals surface area (Å²) in [5.74, 6) is 0. The Morgan fingerprint density at radius 1 is 1.24 bits per heavy atom. The van der Waals surface area contributed by atoms with Gasteiger partial charge in [0.15, 0.2) is 0 Å². The molecule has 1 aromatic heterocycles. The molecular weight excluding hydrogens is 296 g/mol. The van der Waals surface area contributed by atoms with Crippen LogP contribution >= 0.6 is 0 Å². The Morgan fingerprint density at radius 3 is 2.24 bits per heavy atom. The Labute approximate surface area is 123 Å². The van der Waals surface area contributed by atoms with E-state index in [0.29, 0.717) is 0 Å². The van der Waals surface area contributed by atoms with E-state index in [2.05, 4.69) is 22.3 Å². The molecule has 2 rings (SSSR count). The molecule has 2 N–H and O–H groups in total. The van der Waals surface area contributed by atoms with E-state index in [9.17, 15) is 13.2 Å². The maximum Gasteiger partial charge on any atom is 0.397 e. The second-order valence-electron chi connectivity index (χ2n) is 4.44. The molecule has 0 bridgehead atoms. The highest BCUT2D eigenvalue weighted by atomic mass is 32.3. The molecule has 0 spiro atoms. The summed E-state index contributed by atoms with van der Waals surface area (Å²) < 4.78 is 31.4. The first kappa shape index (κ1) is 17.2. The number of aromatic amines is 1. The monoisotopic (exact) mass is 314 g/mol. The van der Waals surface area contributed by atoms with E-state index < -0.39 is 10.4 Å². The molecule has 0 aliphatic carbocycles. The molecule has 0 unspecified atom stereocenters. The van der Waals surface area contributed by atoms with E-state index in [1.165, 1.54) is 5.56 Å². The third kappa shape index (κ3) is 4.85. The van der Waals surface area contributed by atoms with Gasteiger partial charge in [0.05, 0.1) is 12.7 Å². The standard InChI is InChI=1S/C12H14N2O.CH4O4S/c1-8-5-4-6-10(9(8)2)11-7-14(3)13-12(11)15;1-5-6(2,3)4/h4-7H,1-3H3,(H,13,15);1H3,(H,2,3,4).